The molecule has 0 spiro atoms. The molecule has 0 aromatic carbocycles. The molecule has 0 heterocycles. The lowest BCUT2D eigenvalue weighted by Gasteiger charge is -2.01. The topological polar surface area (TPSA) is 92.4 Å². The second-order valence-corrected chi connectivity index (χ2v) is 2.76. The van der Waals surface area contributed by atoms with Gasteiger partial charge in [-0.15, -0.1) is 0 Å². The van der Waals surface area contributed by atoms with Crippen LogP contribution in [0, 0.1) is 0 Å². The minimum absolute atomic E-state index is 0. The fraction of sp³-hybridized carbons (Fsp3) is 0.778. The first-order valence-corrected chi connectivity index (χ1v) is 4.35. The van der Waals surface area contributed by atoms with Crippen LogP contribution in [0.1, 0.15) is 33.1 Å². The summed E-state index contributed by atoms with van der Waals surface area (Å²) in [5.41, 5.74) is 5.06. The van der Waals surface area contributed by atoms with E-state index in [-0.39, 0.29) is 26.3 Å². The summed E-state index contributed by atoms with van der Waals surface area (Å²) in [7, 11) is 0. The largest absolute Gasteiger partial charge is 0.481 e. The third-order valence-corrected chi connectivity index (χ3v) is 1.57. The highest BCUT2D eigenvalue weighted by atomic mass is 16.4. The second-order valence-electron chi connectivity index (χ2n) is 2.76. The van der Waals surface area contributed by atoms with Crippen molar-refractivity contribution in [2.45, 2.75) is 33.1 Å². The maximum absolute atomic E-state index is 10.6. The van der Waals surface area contributed by atoms with Crippen molar-refractivity contribution >= 4 is 11.9 Å². The lowest BCUT2D eigenvalue weighted by molar-refractivity contribution is -0.137. The van der Waals surface area contributed by atoms with E-state index in [2.05, 4.69) is 5.32 Å². The van der Waals surface area contributed by atoms with Gasteiger partial charge in [0.1, 0.15) is 0 Å². The molecule has 0 aliphatic heterocycles. The Morgan fingerprint density at radius 2 is 1.86 bits per heavy atom. The van der Waals surface area contributed by atoms with E-state index in [1.165, 1.54) is 0 Å². The van der Waals surface area contributed by atoms with Crippen molar-refractivity contribution in [1.82, 2.24) is 5.32 Å². The first kappa shape index (κ1) is 15.4. The lowest BCUT2D eigenvalue weighted by Crippen LogP contribution is -2.30. The van der Waals surface area contributed by atoms with Crippen molar-refractivity contribution in [3.63, 3.8) is 0 Å². The van der Waals surface area contributed by atoms with Gasteiger partial charge < -0.3 is 16.2 Å². The van der Waals surface area contributed by atoms with Gasteiger partial charge in [-0.1, -0.05) is 13.8 Å². The zero-order chi connectivity index (χ0) is 10.1. The SMILES string of the molecule is C.NCC(=O)NCCCCCC(=O)O. The first-order valence-electron chi connectivity index (χ1n) is 4.35. The Hall–Kier alpha value is -1.10. The van der Waals surface area contributed by atoms with Gasteiger partial charge in [-0.3, -0.25) is 9.59 Å². The zero-order valence-electron chi connectivity index (χ0n) is 7.58. The molecular weight excluding hydrogens is 184 g/mol. The van der Waals surface area contributed by atoms with Gasteiger partial charge in [-0.2, -0.15) is 0 Å². The van der Waals surface area contributed by atoms with E-state index in [1.807, 2.05) is 0 Å². The van der Waals surface area contributed by atoms with Crippen LogP contribution in [-0.2, 0) is 9.59 Å². The molecule has 0 bridgehead atoms. The number of nitrogens with one attached hydrogen (secondary N) is 1. The smallest absolute Gasteiger partial charge is 0.303 e. The van der Waals surface area contributed by atoms with Gasteiger partial charge in [0.05, 0.1) is 6.54 Å². The summed E-state index contributed by atoms with van der Waals surface area (Å²) in [4.78, 5) is 20.7. The zero-order valence-corrected chi connectivity index (χ0v) is 7.58. The monoisotopic (exact) mass is 204 g/mol. The molecule has 5 nitrogen and oxygen atoms in total. The molecule has 0 saturated carbocycles. The fourth-order valence-corrected chi connectivity index (χ4v) is 0.878. The lowest BCUT2D eigenvalue weighted by atomic mass is 10.2. The van der Waals surface area contributed by atoms with E-state index in [0.29, 0.717) is 13.0 Å². The number of carbonyl (C=O) groups is 2. The van der Waals surface area contributed by atoms with Gasteiger partial charge in [-0.05, 0) is 12.8 Å². The van der Waals surface area contributed by atoms with E-state index in [9.17, 15) is 9.59 Å². The highest BCUT2D eigenvalue weighted by molar-refractivity contribution is 5.77. The highest BCUT2D eigenvalue weighted by Crippen LogP contribution is 1.98. The van der Waals surface area contributed by atoms with Crippen LogP contribution in [-0.4, -0.2) is 30.1 Å². The van der Waals surface area contributed by atoms with Crippen molar-refractivity contribution < 1.29 is 14.7 Å². The summed E-state index contributed by atoms with van der Waals surface area (Å²) in [5.74, 6) is -0.941. The molecule has 0 atom stereocenters. The van der Waals surface area contributed by atoms with Crippen LogP contribution < -0.4 is 11.1 Å². The average Bonchev–Trinajstić information content (AvgIpc) is 2.10. The Labute approximate surface area is 84.7 Å². The number of nitrogens with two attached hydrogens (primary N) is 1. The third-order valence-electron chi connectivity index (χ3n) is 1.57. The van der Waals surface area contributed by atoms with Crippen LogP contribution in [0.2, 0.25) is 0 Å². The van der Waals surface area contributed by atoms with E-state index in [0.717, 1.165) is 12.8 Å². The summed E-state index contributed by atoms with van der Waals surface area (Å²) in [5, 5.41) is 10.9. The predicted octanol–water partition coefficient (Wildman–Crippen LogP) is 0.342. The standard InChI is InChI=1S/C8H16N2O3.CH4/c9-6-7(11)10-5-3-1-2-4-8(12)13;/h1-6,9H2,(H,10,11)(H,12,13);1H4. The minimum Gasteiger partial charge on any atom is -0.481 e. The van der Waals surface area contributed by atoms with E-state index < -0.39 is 5.97 Å². The third kappa shape index (κ3) is 10.9. The Morgan fingerprint density at radius 3 is 2.36 bits per heavy atom. The van der Waals surface area contributed by atoms with E-state index in [4.69, 9.17) is 10.8 Å². The van der Waals surface area contributed by atoms with Crippen LogP contribution >= 0.6 is 0 Å². The van der Waals surface area contributed by atoms with Crippen LogP contribution in [0.4, 0.5) is 0 Å². The second kappa shape index (κ2) is 9.98. The predicted molar refractivity (Wildman–Crippen MR) is 54.9 cm³/mol. The molecule has 84 valence electrons. The molecule has 4 N–H and O–H groups in total. The maximum Gasteiger partial charge on any atom is 0.303 e. The summed E-state index contributed by atoms with van der Waals surface area (Å²) in [6.45, 7) is 0.588. The summed E-state index contributed by atoms with van der Waals surface area (Å²) in [6.07, 6.45) is 2.48. The molecule has 0 radical (unpaired) electrons. The summed E-state index contributed by atoms with van der Waals surface area (Å²) < 4.78 is 0. The van der Waals surface area contributed by atoms with Gasteiger partial charge in [0, 0.05) is 13.0 Å². The molecule has 0 aliphatic rings. The molecule has 14 heavy (non-hydrogen) atoms. The van der Waals surface area contributed by atoms with Gasteiger partial charge in [0.2, 0.25) is 5.91 Å². The Kier molecular flexibility index (Phi) is 11.0. The first-order chi connectivity index (χ1) is 6.16. The van der Waals surface area contributed by atoms with Crippen LogP contribution in [0.15, 0.2) is 0 Å². The Balaban J connectivity index is 0. The number of amides is 1. The van der Waals surface area contributed by atoms with Crippen molar-refractivity contribution in [1.29, 1.82) is 0 Å². The van der Waals surface area contributed by atoms with Crippen LogP contribution in [0.25, 0.3) is 0 Å². The number of hydrogen-bond acceptors (Lipinski definition) is 3. The number of unbranched alkanes of at least 4 members (excludes halogenated alkanes) is 2. The van der Waals surface area contributed by atoms with Crippen molar-refractivity contribution in [3.05, 3.63) is 0 Å². The summed E-state index contributed by atoms with van der Waals surface area (Å²) >= 11 is 0. The Bertz CT molecular complexity index is 171. The maximum atomic E-state index is 10.6. The average molecular weight is 204 g/mol. The number of hydrogen-bond donors (Lipinski definition) is 3. The number of carboxylic acids is 1. The van der Waals surface area contributed by atoms with Crippen LogP contribution in [0.3, 0.4) is 0 Å². The van der Waals surface area contributed by atoms with Crippen molar-refractivity contribution in [2.24, 2.45) is 5.73 Å². The molecule has 0 saturated heterocycles. The number of aliphatic carboxylic acids is 1. The van der Waals surface area contributed by atoms with Gasteiger partial charge in [0.25, 0.3) is 0 Å². The van der Waals surface area contributed by atoms with Crippen LogP contribution in [0.5, 0.6) is 0 Å². The minimum atomic E-state index is -0.772. The Morgan fingerprint density at radius 1 is 1.21 bits per heavy atom. The molecule has 0 aromatic heterocycles. The number of carbonyl (C=O) groups excluding carboxylic acids is 1. The van der Waals surface area contributed by atoms with Gasteiger partial charge in [-0.25, -0.2) is 0 Å². The molecule has 0 aromatic rings. The highest BCUT2D eigenvalue weighted by Gasteiger charge is 1.97. The molecule has 0 rings (SSSR count). The quantitative estimate of drug-likeness (QED) is 0.521. The fourth-order valence-electron chi connectivity index (χ4n) is 0.878. The van der Waals surface area contributed by atoms with Gasteiger partial charge in [0.15, 0.2) is 0 Å². The molecule has 1 amide bonds. The molecule has 0 unspecified atom stereocenters. The van der Waals surface area contributed by atoms with Gasteiger partial charge >= 0.3 is 5.97 Å². The van der Waals surface area contributed by atoms with E-state index >= 15 is 0 Å². The van der Waals surface area contributed by atoms with Crippen molar-refractivity contribution in [2.75, 3.05) is 13.1 Å². The van der Waals surface area contributed by atoms with Crippen molar-refractivity contribution in [3.8, 4) is 0 Å². The van der Waals surface area contributed by atoms with E-state index in [1.54, 1.807) is 0 Å². The number of carboxylic acid groups (broad SMARTS) is 1. The molecule has 5 heteroatoms. The molecule has 0 aliphatic carbocycles. The molecule has 0 fully saturated rings. The summed E-state index contributed by atoms with van der Waals surface area (Å²) in [6, 6.07) is 0. The number of rotatable bonds is 7. The molecular formula is C9H20N2O3. The normalized spacial score (nSPS) is 8.93.